The molecule has 0 radical (unpaired) electrons. The maximum atomic E-state index is 12.6. The first kappa shape index (κ1) is 11.5. The van der Waals surface area contributed by atoms with Gasteiger partial charge in [-0.1, -0.05) is 13.0 Å². The van der Waals surface area contributed by atoms with E-state index in [1.54, 1.807) is 0 Å². The van der Waals surface area contributed by atoms with Gasteiger partial charge in [-0.2, -0.15) is 0 Å². The molecule has 4 saturated carbocycles. The lowest BCUT2D eigenvalue weighted by atomic mass is 9.43. The highest BCUT2D eigenvalue weighted by molar-refractivity contribution is 5.85. The van der Waals surface area contributed by atoms with Crippen molar-refractivity contribution < 1.29 is 4.79 Å². The predicted molar refractivity (Wildman–Crippen MR) is 69.7 cm³/mol. The van der Waals surface area contributed by atoms with Crippen molar-refractivity contribution in [3.05, 3.63) is 12.7 Å². The van der Waals surface area contributed by atoms with Crippen molar-refractivity contribution in [2.45, 2.75) is 58.3 Å². The molecule has 0 aromatic rings. The number of Topliss-reactive ketones (excluding diaryl/α,β-unsaturated/α-hetero) is 1. The number of hydrogen-bond donors (Lipinski definition) is 0. The molecule has 0 N–H and O–H groups in total. The molecule has 94 valence electrons. The third kappa shape index (κ3) is 1.78. The van der Waals surface area contributed by atoms with E-state index in [2.05, 4.69) is 13.5 Å². The number of hydrogen-bond acceptors (Lipinski definition) is 1. The topological polar surface area (TPSA) is 17.1 Å². The fourth-order valence-corrected chi connectivity index (χ4v) is 5.54. The summed E-state index contributed by atoms with van der Waals surface area (Å²) in [5.41, 5.74) is 0.579. The van der Waals surface area contributed by atoms with Gasteiger partial charge in [0.05, 0.1) is 0 Å². The van der Waals surface area contributed by atoms with Crippen molar-refractivity contribution in [2.75, 3.05) is 0 Å². The van der Waals surface area contributed by atoms with Crippen LogP contribution in [0.1, 0.15) is 58.3 Å². The Morgan fingerprint density at radius 1 is 1.29 bits per heavy atom. The molecule has 0 aromatic carbocycles. The van der Waals surface area contributed by atoms with Crippen LogP contribution in [0.15, 0.2) is 12.7 Å². The molecule has 4 aliphatic rings. The third-order valence-electron chi connectivity index (χ3n) is 5.52. The Labute approximate surface area is 105 Å². The number of carbonyl (C=O) groups is 1. The van der Waals surface area contributed by atoms with Gasteiger partial charge in [-0.05, 0) is 62.2 Å². The molecule has 4 bridgehead atoms. The molecule has 1 nitrogen and oxygen atoms in total. The second-order valence-corrected chi connectivity index (χ2v) is 7.30. The SMILES string of the molecule is C=CCCC(=O)C12CC3CC(CC(C)(C3)C1)C2. The van der Waals surface area contributed by atoms with E-state index in [1.807, 2.05) is 6.08 Å². The highest BCUT2D eigenvalue weighted by Gasteiger charge is 2.58. The van der Waals surface area contributed by atoms with E-state index in [4.69, 9.17) is 0 Å². The van der Waals surface area contributed by atoms with Crippen molar-refractivity contribution in [1.82, 2.24) is 0 Å². The van der Waals surface area contributed by atoms with Gasteiger partial charge in [0.25, 0.3) is 0 Å². The van der Waals surface area contributed by atoms with Gasteiger partial charge < -0.3 is 0 Å². The molecule has 17 heavy (non-hydrogen) atoms. The molecular formula is C16H24O. The first-order valence-electron chi connectivity index (χ1n) is 7.19. The minimum Gasteiger partial charge on any atom is -0.299 e. The summed E-state index contributed by atoms with van der Waals surface area (Å²) < 4.78 is 0. The zero-order chi connectivity index (χ0) is 12.1. The molecule has 4 aliphatic carbocycles. The maximum absolute atomic E-state index is 12.6. The van der Waals surface area contributed by atoms with Gasteiger partial charge in [0.2, 0.25) is 0 Å². The molecule has 2 unspecified atom stereocenters. The molecule has 0 aromatic heterocycles. The van der Waals surface area contributed by atoms with E-state index >= 15 is 0 Å². The minimum atomic E-state index is 0.0852. The predicted octanol–water partition coefficient (Wildman–Crippen LogP) is 4.13. The number of allylic oxidation sites excluding steroid dienone is 1. The van der Waals surface area contributed by atoms with E-state index in [1.165, 1.54) is 38.5 Å². The van der Waals surface area contributed by atoms with Gasteiger partial charge in [0.1, 0.15) is 5.78 Å². The Balaban J connectivity index is 1.83. The molecule has 0 heterocycles. The Bertz CT molecular complexity index is 341. The van der Waals surface area contributed by atoms with E-state index in [0.717, 1.165) is 24.7 Å². The van der Waals surface area contributed by atoms with E-state index in [0.29, 0.717) is 11.2 Å². The van der Waals surface area contributed by atoms with Gasteiger partial charge in [-0.3, -0.25) is 4.79 Å². The van der Waals surface area contributed by atoms with Crippen LogP contribution in [0.4, 0.5) is 0 Å². The summed E-state index contributed by atoms with van der Waals surface area (Å²) in [6.07, 6.45) is 11.3. The first-order valence-corrected chi connectivity index (χ1v) is 7.19. The highest BCUT2D eigenvalue weighted by Crippen LogP contribution is 2.65. The summed E-state index contributed by atoms with van der Waals surface area (Å²) in [5.74, 6) is 2.26. The number of ketones is 1. The largest absolute Gasteiger partial charge is 0.299 e. The van der Waals surface area contributed by atoms with Gasteiger partial charge >= 0.3 is 0 Å². The monoisotopic (exact) mass is 232 g/mol. The second kappa shape index (κ2) is 3.70. The zero-order valence-corrected chi connectivity index (χ0v) is 11.0. The van der Waals surface area contributed by atoms with Crippen molar-refractivity contribution >= 4 is 5.78 Å². The molecule has 2 atom stereocenters. The van der Waals surface area contributed by atoms with E-state index in [9.17, 15) is 4.79 Å². The van der Waals surface area contributed by atoms with Crippen molar-refractivity contribution in [2.24, 2.45) is 22.7 Å². The minimum absolute atomic E-state index is 0.0852. The molecule has 4 rings (SSSR count). The van der Waals surface area contributed by atoms with Crippen molar-refractivity contribution in [1.29, 1.82) is 0 Å². The lowest BCUT2D eigenvalue weighted by molar-refractivity contribution is -0.152. The van der Waals surface area contributed by atoms with Crippen LogP contribution in [0.25, 0.3) is 0 Å². The van der Waals surface area contributed by atoms with Crippen LogP contribution in [0, 0.1) is 22.7 Å². The summed E-state index contributed by atoms with van der Waals surface area (Å²) >= 11 is 0. The highest BCUT2D eigenvalue weighted by atomic mass is 16.1. The third-order valence-corrected chi connectivity index (χ3v) is 5.52. The summed E-state index contributed by atoms with van der Waals surface area (Å²) in [6.45, 7) is 6.17. The average Bonchev–Trinajstić information content (AvgIpc) is 2.22. The summed E-state index contributed by atoms with van der Waals surface area (Å²) in [6, 6.07) is 0. The van der Waals surface area contributed by atoms with Crippen LogP contribution >= 0.6 is 0 Å². The van der Waals surface area contributed by atoms with Crippen LogP contribution < -0.4 is 0 Å². The Kier molecular flexibility index (Phi) is 2.50. The molecule has 0 amide bonds. The molecule has 0 saturated heterocycles. The Morgan fingerprint density at radius 2 is 1.94 bits per heavy atom. The lowest BCUT2D eigenvalue weighted by Crippen LogP contribution is -2.53. The molecule has 0 aliphatic heterocycles. The molecular weight excluding hydrogens is 208 g/mol. The summed E-state index contributed by atoms with van der Waals surface area (Å²) in [4.78, 5) is 12.6. The van der Waals surface area contributed by atoms with Crippen LogP contribution in [0.5, 0.6) is 0 Å². The average molecular weight is 232 g/mol. The van der Waals surface area contributed by atoms with Gasteiger partial charge in [0, 0.05) is 11.8 Å². The van der Waals surface area contributed by atoms with Crippen LogP contribution in [0.2, 0.25) is 0 Å². The zero-order valence-electron chi connectivity index (χ0n) is 11.0. The van der Waals surface area contributed by atoms with Crippen molar-refractivity contribution in [3.63, 3.8) is 0 Å². The maximum Gasteiger partial charge on any atom is 0.139 e. The van der Waals surface area contributed by atoms with E-state index in [-0.39, 0.29) is 5.41 Å². The molecule has 0 spiro atoms. The van der Waals surface area contributed by atoms with Crippen LogP contribution in [0.3, 0.4) is 0 Å². The smallest absolute Gasteiger partial charge is 0.139 e. The fraction of sp³-hybridized carbons (Fsp3) is 0.812. The quantitative estimate of drug-likeness (QED) is 0.666. The molecule has 1 heteroatoms. The van der Waals surface area contributed by atoms with Crippen LogP contribution in [-0.4, -0.2) is 5.78 Å². The fourth-order valence-electron chi connectivity index (χ4n) is 5.54. The second-order valence-electron chi connectivity index (χ2n) is 7.30. The van der Waals surface area contributed by atoms with Gasteiger partial charge in [-0.25, -0.2) is 0 Å². The Morgan fingerprint density at radius 3 is 2.47 bits per heavy atom. The number of rotatable bonds is 4. The van der Waals surface area contributed by atoms with Crippen LogP contribution in [-0.2, 0) is 4.79 Å². The Hall–Kier alpha value is -0.590. The normalized spacial score (nSPS) is 47.1. The number of carbonyl (C=O) groups excluding carboxylic acids is 1. The summed E-state index contributed by atoms with van der Waals surface area (Å²) in [5, 5.41) is 0. The van der Waals surface area contributed by atoms with Crippen molar-refractivity contribution in [3.8, 4) is 0 Å². The lowest BCUT2D eigenvalue weighted by Gasteiger charge is -2.60. The summed E-state index contributed by atoms with van der Waals surface area (Å²) in [7, 11) is 0. The molecule has 4 fully saturated rings. The van der Waals surface area contributed by atoms with E-state index < -0.39 is 0 Å². The standard InChI is InChI=1S/C16H24O/c1-3-4-5-14(17)16-9-12-6-13(10-16)8-15(2,7-12)11-16/h3,12-13H,1,4-11H2,2H3. The first-order chi connectivity index (χ1) is 8.05. The van der Waals surface area contributed by atoms with Gasteiger partial charge in [-0.15, -0.1) is 6.58 Å². The van der Waals surface area contributed by atoms with Gasteiger partial charge in [0.15, 0.2) is 0 Å².